The molecule has 2 fully saturated rings. The molecular weight excluding hydrogens is 408 g/mol. The van der Waals surface area contributed by atoms with Gasteiger partial charge in [0.1, 0.15) is 10.0 Å². The average Bonchev–Trinajstić information content (AvgIpc) is 3.49. The number of rotatable bonds is 5. The minimum absolute atomic E-state index is 0.148. The molecule has 0 bridgehead atoms. The van der Waals surface area contributed by atoms with Gasteiger partial charge in [-0.3, -0.25) is 9.59 Å². The number of aromatic nitrogens is 2. The van der Waals surface area contributed by atoms with Gasteiger partial charge in [-0.15, -0.1) is 10.2 Å². The van der Waals surface area contributed by atoms with E-state index in [0.29, 0.717) is 25.6 Å². The predicted molar refractivity (Wildman–Crippen MR) is 119 cm³/mol. The Hall–Kier alpha value is -3.06. The number of nitrogens with zero attached hydrogens (tertiary/aromatic N) is 4. The van der Waals surface area contributed by atoms with Crippen molar-refractivity contribution in [3.05, 3.63) is 71.2 Å². The van der Waals surface area contributed by atoms with Crippen LogP contribution in [0, 0.1) is 0 Å². The van der Waals surface area contributed by atoms with Crippen LogP contribution in [0.1, 0.15) is 35.8 Å². The molecule has 2 aliphatic rings. The van der Waals surface area contributed by atoms with Gasteiger partial charge in [0.2, 0.25) is 0 Å². The first-order valence-electron chi connectivity index (χ1n) is 10.7. The fourth-order valence-electron chi connectivity index (χ4n) is 4.64. The standard InChI is InChI=1S/C24H24N4O2S/c29-23-24(30)28(20-12-11-19(15-20)17-7-3-1-4-8-17)14-13-27(23)16-21-25-26-22(31-21)18-9-5-2-6-10-18/h1-10,19-20H,11-16H2/t19-,20-/m0/s1. The highest BCUT2D eigenvalue weighted by Crippen LogP contribution is 2.37. The third-order valence-electron chi connectivity index (χ3n) is 6.27. The predicted octanol–water partition coefficient (Wildman–Crippen LogP) is 3.71. The molecule has 5 rings (SSSR count). The number of hydrogen-bond donors (Lipinski definition) is 0. The van der Waals surface area contributed by atoms with Gasteiger partial charge in [-0.2, -0.15) is 0 Å². The SMILES string of the molecule is O=C1C(=O)N([C@H]2CC[C@H](c3ccccc3)C2)CCN1Cc1nnc(-c2ccccc2)s1. The number of piperazine rings is 1. The molecule has 1 saturated carbocycles. The van der Waals surface area contributed by atoms with Gasteiger partial charge in [-0.05, 0) is 30.7 Å². The largest absolute Gasteiger partial charge is 0.330 e. The van der Waals surface area contributed by atoms with E-state index in [1.165, 1.54) is 16.9 Å². The maximum Gasteiger partial charge on any atom is 0.312 e. The molecule has 2 heterocycles. The highest BCUT2D eigenvalue weighted by Gasteiger charge is 2.39. The van der Waals surface area contributed by atoms with E-state index in [1.807, 2.05) is 36.4 Å². The van der Waals surface area contributed by atoms with E-state index in [-0.39, 0.29) is 11.9 Å². The second kappa shape index (κ2) is 8.59. The molecule has 0 radical (unpaired) electrons. The summed E-state index contributed by atoms with van der Waals surface area (Å²) in [5, 5.41) is 10.1. The van der Waals surface area contributed by atoms with E-state index in [1.54, 1.807) is 9.80 Å². The van der Waals surface area contributed by atoms with E-state index in [2.05, 4.69) is 34.5 Å². The van der Waals surface area contributed by atoms with Crippen molar-refractivity contribution in [2.24, 2.45) is 0 Å². The quantitative estimate of drug-likeness (QED) is 0.577. The molecule has 2 amide bonds. The molecule has 3 aromatic rings. The highest BCUT2D eigenvalue weighted by atomic mass is 32.1. The van der Waals surface area contributed by atoms with Crippen molar-refractivity contribution in [1.82, 2.24) is 20.0 Å². The lowest BCUT2D eigenvalue weighted by Crippen LogP contribution is -2.56. The Kier molecular flexibility index (Phi) is 5.51. The molecule has 0 unspecified atom stereocenters. The molecule has 1 aliphatic heterocycles. The zero-order valence-electron chi connectivity index (χ0n) is 17.2. The van der Waals surface area contributed by atoms with Crippen LogP contribution in [-0.2, 0) is 16.1 Å². The fourth-order valence-corrected chi connectivity index (χ4v) is 5.50. The van der Waals surface area contributed by atoms with Crippen molar-refractivity contribution in [3.63, 3.8) is 0 Å². The van der Waals surface area contributed by atoms with Crippen molar-refractivity contribution in [2.45, 2.75) is 37.8 Å². The maximum atomic E-state index is 12.9. The maximum absolute atomic E-state index is 12.9. The van der Waals surface area contributed by atoms with Crippen LogP contribution in [0.4, 0.5) is 0 Å². The summed E-state index contributed by atoms with van der Waals surface area (Å²) in [4.78, 5) is 29.1. The van der Waals surface area contributed by atoms with Gasteiger partial charge >= 0.3 is 11.8 Å². The Bertz CT molecular complexity index is 1070. The molecule has 2 aromatic carbocycles. The van der Waals surface area contributed by atoms with E-state index in [0.717, 1.165) is 34.8 Å². The number of carbonyl (C=O) groups excluding carboxylic acids is 2. The summed E-state index contributed by atoms with van der Waals surface area (Å²) in [5.41, 5.74) is 2.33. The van der Waals surface area contributed by atoms with Crippen molar-refractivity contribution in [1.29, 1.82) is 0 Å². The lowest BCUT2D eigenvalue weighted by Gasteiger charge is -2.37. The normalized spacial score (nSPS) is 21.7. The van der Waals surface area contributed by atoms with Crippen LogP contribution in [0.15, 0.2) is 60.7 Å². The topological polar surface area (TPSA) is 66.4 Å². The van der Waals surface area contributed by atoms with Gasteiger partial charge in [-0.1, -0.05) is 72.0 Å². The number of carbonyl (C=O) groups is 2. The Balaban J connectivity index is 1.21. The summed E-state index contributed by atoms with van der Waals surface area (Å²) in [6, 6.07) is 20.5. The molecule has 158 valence electrons. The molecule has 1 saturated heterocycles. The van der Waals surface area contributed by atoms with Crippen LogP contribution in [-0.4, -0.2) is 50.9 Å². The lowest BCUT2D eigenvalue weighted by molar-refractivity contribution is -0.158. The summed E-state index contributed by atoms with van der Waals surface area (Å²) in [7, 11) is 0. The second-order valence-electron chi connectivity index (χ2n) is 8.17. The van der Waals surface area contributed by atoms with E-state index in [9.17, 15) is 9.59 Å². The third-order valence-corrected chi connectivity index (χ3v) is 7.23. The van der Waals surface area contributed by atoms with Gasteiger partial charge in [0, 0.05) is 24.7 Å². The zero-order chi connectivity index (χ0) is 21.2. The molecular formula is C24H24N4O2S. The monoisotopic (exact) mass is 432 g/mol. The Morgan fingerprint density at radius 1 is 0.871 bits per heavy atom. The summed E-state index contributed by atoms with van der Waals surface area (Å²) in [6.07, 6.45) is 2.94. The van der Waals surface area contributed by atoms with E-state index < -0.39 is 5.91 Å². The molecule has 7 heteroatoms. The Labute approximate surface area is 185 Å². The smallest absolute Gasteiger partial charge is 0.312 e. The van der Waals surface area contributed by atoms with E-state index >= 15 is 0 Å². The molecule has 0 spiro atoms. The molecule has 6 nitrogen and oxygen atoms in total. The first-order chi connectivity index (χ1) is 15.2. The van der Waals surface area contributed by atoms with Crippen LogP contribution in [0.25, 0.3) is 10.6 Å². The minimum atomic E-state index is -0.425. The third kappa shape index (κ3) is 4.10. The summed E-state index contributed by atoms with van der Waals surface area (Å²) < 4.78 is 0. The average molecular weight is 433 g/mol. The van der Waals surface area contributed by atoms with Crippen LogP contribution >= 0.6 is 11.3 Å². The summed E-state index contributed by atoms with van der Waals surface area (Å²) in [5.74, 6) is -0.339. The summed E-state index contributed by atoms with van der Waals surface area (Å²) in [6.45, 7) is 1.46. The molecule has 31 heavy (non-hydrogen) atoms. The zero-order valence-corrected chi connectivity index (χ0v) is 18.0. The molecule has 1 aromatic heterocycles. The Morgan fingerprint density at radius 3 is 2.39 bits per heavy atom. The van der Waals surface area contributed by atoms with Gasteiger partial charge in [0.05, 0.1) is 6.54 Å². The first kappa shape index (κ1) is 19.9. The van der Waals surface area contributed by atoms with Gasteiger partial charge < -0.3 is 9.80 Å². The number of benzene rings is 2. The van der Waals surface area contributed by atoms with Crippen molar-refractivity contribution in [3.8, 4) is 10.6 Å². The second-order valence-corrected chi connectivity index (χ2v) is 9.23. The van der Waals surface area contributed by atoms with Crippen molar-refractivity contribution < 1.29 is 9.59 Å². The lowest BCUT2D eigenvalue weighted by atomic mass is 9.97. The van der Waals surface area contributed by atoms with E-state index in [4.69, 9.17) is 0 Å². The number of hydrogen-bond acceptors (Lipinski definition) is 5. The fraction of sp³-hybridized carbons (Fsp3) is 0.333. The number of amides is 2. The summed E-state index contributed by atoms with van der Waals surface area (Å²) >= 11 is 1.47. The molecule has 2 atom stereocenters. The van der Waals surface area contributed by atoms with Crippen LogP contribution in [0.3, 0.4) is 0 Å². The van der Waals surface area contributed by atoms with Crippen LogP contribution in [0.2, 0.25) is 0 Å². The van der Waals surface area contributed by atoms with Crippen molar-refractivity contribution >= 4 is 23.2 Å². The Morgan fingerprint density at radius 2 is 1.61 bits per heavy atom. The minimum Gasteiger partial charge on any atom is -0.330 e. The van der Waals surface area contributed by atoms with Crippen LogP contribution < -0.4 is 0 Å². The molecule has 0 N–H and O–H groups in total. The van der Waals surface area contributed by atoms with Crippen LogP contribution in [0.5, 0.6) is 0 Å². The van der Waals surface area contributed by atoms with Gasteiger partial charge in [-0.25, -0.2) is 0 Å². The molecule has 1 aliphatic carbocycles. The van der Waals surface area contributed by atoms with Gasteiger partial charge in [0.15, 0.2) is 0 Å². The highest BCUT2D eigenvalue weighted by molar-refractivity contribution is 7.14. The first-order valence-corrected chi connectivity index (χ1v) is 11.5. The van der Waals surface area contributed by atoms with Crippen molar-refractivity contribution in [2.75, 3.05) is 13.1 Å². The van der Waals surface area contributed by atoms with Gasteiger partial charge in [0.25, 0.3) is 0 Å².